The Morgan fingerprint density at radius 3 is 2.25 bits per heavy atom. The number of hydrogen-bond donors (Lipinski definition) is 0. The van der Waals surface area contributed by atoms with Gasteiger partial charge in [0.1, 0.15) is 0 Å². The van der Waals surface area contributed by atoms with Gasteiger partial charge in [-0.15, -0.1) is 0 Å². The molecule has 110 valence electrons. The number of nitriles is 1. The zero-order valence-corrected chi connectivity index (χ0v) is 12.4. The number of halogens is 3. The molecule has 0 saturated heterocycles. The van der Waals surface area contributed by atoms with Crippen molar-refractivity contribution in [3.8, 4) is 11.8 Å². The lowest BCUT2D eigenvalue weighted by Gasteiger charge is -2.16. The minimum Gasteiger partial charge on any atom is -0.488 e. The van der Waals surface area contributed by atoms with Crippen molar-refractivity contribution < 1.29 is 21.9 Å². The molecular formula is C12H12ClF2NO3S. The van der Waals surface area contributed by atoms with Crippen molar-refractivity contribution in [1.82, 2.24) is 0 Å². The molecule has 0 aromatic heterocycles. The zero-order chi connectivity index (χ0) is 15.6. The predicted octanol–water partition coefficient (Wildman–Crippen LogP) is 3.21. The number of nitrogens with zero attached hydrogens (tertiary/aromatic N) is 1. The minimum atomic E-state index is -4.22. The zero-order valence-electron chi connectivity index (χ0n) is 10.8. The maximum atomic E-state index is 13.6. The van der Waals surface area contributed by atoms with Gasteiger partial charge in [0.2, 0.25) is 0 Å². The van der Waals surface area contributed by atoms with Crippen LogP contribution in [0.3, 0.4) is 0 Å². The minimum absolute atomic E-state index is 0.0820. The van der Waals surface area contributed by atoms with Crippen LogP contribution in [0, 0.1) is 28.4 Å². The van der Waals surface area contributed by atoms with Gasteiger partial charge in [0.15, 0.2) is 17.4 Å². The van der Waals surface area contributed by atoms with Crippen LogP contribution in [-0.2, 0) is 9.05 Å². The third kappa shape index (κ3) is 4.32. The largest absolute Gasteiger partial charge is 0.488 e. The molecule has 1 rings (SSSR count). The highest BCUT2D eigenvalue weighted by Crippen LogP contribution is 2.28. The van der Waals surface area contributed by atoms with E-state index in [1.165, 1.54) is 0 Å². The Kier molecular flexibility index (Phi) is 4.95. The molecule has 0 amide bonds. The summed E-state index contributed by atoms with van der Waals surface area (Å²) in [5.41, 5.74) is -0.688. The molecule has 0 aliphatic heterocycles. The molecule has 1 aromatic rings. The molecule has 0 atom stereocenters. The molecule has 0 unspecified atom stereocenters. The SMILES string of the molecule is CC(C)(C#N)CCOc1c(F)cc(S(=O)(=O)Cl)cc1F. The summed E-state index contributed by atoms with van der Waals surface area (Å²) in [5, 5.41) is 8.79. The Bertz CT molecular complexity index is 630. The third-order valence-corrected chi connectivity index (χ3v) is 3.86. The van der Waals surface area contributed by atoms with Gasteiger partial charge in [-0.3, -0.25) is 0 Å². The molecule has 0 radical (unpaired) electrons. The van der Waals surface area contributed by atoms with E-state index in [-0.39, 0.29) is 13.0 Å². The Hall–Kier alpha value is -1.39. The first-order chi connectivity index (χ1) is 9.07. The lowest BCUT2D eigenvalue weighted by molar-refractivity contribution is 0.243. The Morgan fingerprint density at radius 2 is 1.85 bits per heavy atom. The van der Waals surface area contributed by atoms with Gasteiger partial charge in [0.05, 0.1) is 23.0 Å². The second kappa shape index (κ2) is 5.94. The van der Waals surface area contributed by atoms with Crippen LogP contribution in [0.25, 0.3) is 0 Å². The van der Waals surface area contributed by atoms with Gasteiger partial charge in [-0.25, -0.2) is 17.2 Å². The molecule has 0 aliphatic rings. The fourth-order valence-corrected chi connectivity index (χ4v) is 2.04. The van der Waals surface area contributed by atoms with Crippen LogP contribution in [0.5, 0.6) is 5.75 Å². The number of benzene rings is 1. The number of rotatable bonds is 5. The molecule has 0 N–H and O–H groups in total. The highest BCUT2D eigenvalue weighted by atomic mass is 35.7. The fourth-order valence-electron chi connectivity index (χ4n) is 1.28. The lowest BCUT2D eigenvalue weighted by Crippen LogP contribution is -2.14. The summed E-state index contributed by atoms with van der Waals surface area (Å²) in [5.74, 6) is -3.03. The van der Waals surface area contributed by atoms with Crippen molar-refractivity contribution in [2.75, 3.05) is 6.61 Å². The number of ether oxygens (including phenoxy) is 1. The van der Waals surface area contributed by atoms with Gasteiger partial charge in [-0.05, 0) is 32.4 Å². The average molecular weight is 324 g/mol. The molecule has 20 heavy (non-hydrogen) atoms. The summed E-state index contributed by atoms with van der Waals surface area (Å²) >= 11 is 0. The van der Waals surface area contributed by atoms with Crippen molar-refractivity contribution in [2.45, 2.75) is 25.2 Å². The molecule has 0 saturated carbocycles. The molecule has 0 aliphatic carbocycles. The Morgan fingerprint density at radius 1 is 1.35 bits per heavy atom. The normalized spacial score (nSPS) is 12.0. The maximum absolute atomic E-state index is 13.6. The monoisotopic (exact) mass is 323 g/mol. The van der Waals surface area contributed by atoms with E-state index in [4.69, 9.17) is 20.7 Å². The summed E-state index contributed by atoms with van der Waals surface area (Å²) in [6.07, 6.45) is 0.262. The summed E-state index contributed by atoms with van der Waals surface area (Å²) < 4.78 is 54.1. The van der Waals surface area contributed by atoms with Crippen molar-refractivity contribution in [1.29, 1.82) is 5.26 Å². The fraction of sp³-hybridized carbons (Fsp3) is 0.417. The standard InChI is InChI=1S/C12H12ClF2NO3S/c1-12(2,7-16)3-4-19-11-9(14)5-8(6-10(11)15)20(13,17)18/h5-6H,3-4H2,1-2H3. The van der Waals surface area contributed by atoms with Crippen molar-refractivity contribution in [2.24, 2.45) is 5.41 Å². The quantitative estimate of drug-likeness (QED) is 0.780. The Balaban J connectivity index is 2.91. The summed E-state index contributed by atoms with van der Waals surface area (Å²) in [7, 11) is 0.781. The lowest BCUT2D eigenvalue weighted by atomic mass is 9.92. The van der Waals surface area contributed by atoms with Gasteiger partial charge in [-0.1, -0.05) is 0 Å². The molecule has 1 aromatic carbocycles. The second-order valence-corrected chi connectivity index (χ2v) is 7.31. The van der Waals surface area contributed by atoms with Crippen LogP contribution in [-0.4, -0.2) is 15.0 Å². The molecule has 0 heterocycles. The maximum Gasteiger partial charge on any atom is 0.261 e. The van der Waals surface area contributed by atoms with Crippen LogP contribution in [0.4, 0.5) is 8.78 Å². The topological polar surface area (TPSA) is 67.2 Å². The van der Waals surface area contributed by atoms with E-state index in [9.17, 15) is 17.2 Å². The van der Waals surface area contributed by atoms with Crippen LogP contribution in [0.15, 0.2) is 17.0 Å². The molecule has 0 fully saturated rings. The number of hydrogen-bond acceptors (Lipinski definition) is 4. The first-order valence-electron chi connectivity index (χ1n) is 5.54. The average Bonchev–Trinajstić information content (AvgIpc) is 2.31. The van der Waals surface area contributed by atoms with Gasteiger partial charge in [-0.2, -0.15) is 5.26 Å². The van der Waals surface area contributed by atoms with E-state index in [1.54, 1.807) is 13.8 Å². The molecule has 0 spiro atoms. The van der Waals surface area contributed by atoms with E-state index in [0.29, 0.717) is 12.1 Å². The van der Waals surface area contributed by atoms with Crippen molar-refractivity contribution in [3.05, 3.63) is 23.8 Å². The van der Waals surface area contributed by atoms with E-state index in [0.717, 1.165) is 0 Å². The summed E-state index contributed by atoms with van der Waals surface area (Å²) in [4.78, 5) is -0.682. The van der Waals surface area contributed by atoms with Crippen LogP contribution < -0.4 is 4.74 Å². The van der Waals surface area contributed by atoms with E-state index in [2.05, 4.69) is 0 Å². The van der Waals surface area contributed by atoms with E-state index in [1.807, 2.05) is 6.07 Å². The summed E-state index contributed by atoms with van der Waals surface area (Å²) in [6.45, 7) is 3.24. The van der Waals surface area contributed by atoms with Crippen LogP contribution in [0.1, 0.15) is 20.3 Å². The van der Waals surface area contributed by atoms with Gasteiger partial charge >= 0.3 is 0 Å². The van der Waals surface area contributed by atoms with Crippen molar-refractivity contribution >= 4 is 19.7 Å². The molecule has 0 bridgehead atoms. The molecule has 8 heteroatoms. The van der Waals surface area contributed by atoms with Gasteiger partial charge in [0.25, 0.3) is 9.05 Å². The highest BCUT2D eigenvalue weighted by molar-refractivity contribution is 8.13. The third-order valence-electron chi connectivity index (χ3n) is 2.53. The van der Waals surface area contributed by atoms with Gasteiger partial charge < -0.3 is 4.74 Å². The smallest absolute Gasteiger partial charge is 0.261 e. The van der Waals surface area contributed by atoms with Gasteiger partial charge in [0, 0.05) is 10.7 Å². The second-order valence-electron chi connectivity index (χ2n) is 4.75. The van der Waals surface area contributed by atoms with E-state index >= 15 is 0 Å². The van der Waals surface area contributed by atoms with Crippen LogP contribution in [0.2, 0.25) is 0 Å². The highest BCUT2D eigenvalue weighted by Gasteiger charge is 2.21. The molecule has 4 nitrogen and oxygen atoms in total. The first-order valence-corrected chi connectivity index (χ1v) is 7.85. The summed E-state index contributed by atoms with van der Waals surface area (Å²) in [6, 6.07) is 3.18. The first kappa shape index (κ1) is 16.7. The Labute approximate surface area is 120 Å². The molecular weight excluding hydrogens is 312 g/mol. The van der Waals surface area contributed by atoms with Crippen LogP contribution >= 0.6 is 10.7 Å². The predicted molar refractivity (Wildman–Crippen MR) is 68.9 cm³/mol. The van der Waals surface area contributed by atoms with Crippen molar-refractivity contribution in [3.63, 3.8) is 0 Å². The van der Waals surface area contributed by atoms with E-state index < -0.39 is 36.7 Å².